The van der Waals surface area contributed by atoms with E-state index in [4.69, 9.17) is 28.4 Å². The van der Waals surface area contributed by atoms with E-state index >= 15 is 0 Å². The quantitative estimate of drug-likeness (QED) is 0.0199. The first-order valence-corrected chi connectivity index (χ1v) is 42.1. The monoisotopic (exact) mass is 1500 g/mol. The molecule has 3 fully saturated rings. The maximum absolute atomic E-state index is 13.5. The maximum atomic E-state index is 13.5. The summed E-state index contributed by atoms with van der Waals surface area (Å²) in [7, 11) is 0. The Kier molecular flexibility index (Phi) is 60.3. The highest BCUT2D eigenvalue weighted by molar-refractivity contribution is 5.76. The molecule has 0 aliphatic carbocycles. The van der Waals surface area contributed by atoms with Gasteiger partial charge < -0.3 is 89.9 Å². The van der Waals surface area contributed by atoms with Crippen LogP contribution in [0.25, 0.3) is 0 Å². The fraction of sp³-hybridized carbons (Fsp3) is 0.782. The molecule has 3 heterocycles. The number of aliphatic hydroxyl groups is 11. The van der Waals surface area contributed by atoms with Crippen molar-refractivity contribution in [2.24, 2.45) is 0 Å². The molecule has 3 saturated heterocycles. The number of nitrogens with one attached hydrogen (secondary N) is 1. The van der Waals surface area contributed by atoms with Gasteiger partial charge in [-0.05, 0) is 83.5 Å². The van der Waals surface area contributed by atoms with Crippen LogP contribution in [0.5, 0.6) is 0 Å². The van der Waals surface area contributed by atoms with Crippen LogP contribution in [-0.4, -0.2) is 193 Å². The smallest absolute Gasteiger partial charge is 0.220 e. The van der Waals surface area contributed by atoms with Crippen molar-refractivity contribution in [2.75, 3.05) is 26.4 Å². The van der Waals surface area contributed by atoms with E-state index in [-0.39, 0.29) is 18.9 Å². The molecule has 0 saturated carbocycles. The van der Waals surface area contributed by atoms with Crippen LogP contribution in [0.2, 0.25) is 0 Å². The number of allylic oxidation sites excluding steroid dienone is 18. The van der Waals surface area contributed by atoms with Crippen LogP contribution in [0.3, 0.4) is 0 Å². The van der Waals surface area contributed by atoms with E-state index in [0.29, 0.717) is 12.8 Å². The highest BCUT2D eigenvalue weighted by Gasteiger charge is 2.54. The van der Waals surface area contributed by atoms with E-state index in [0.717, 1.165) is 116 Å². The lowest BCUT2D eigenvalue weighted by Crippen LogP contribution is -2.66. The normalized spacial score (nSPS) is 26.2. The molecule has 0 aromatic carbocycles. The molecule has 0 aromatic rings. The molecule has 3 aliphatic rings. The third kappa shape index (κ3) is 45.1. The first kappa shape index (κ1) is 96.6. The van der Waals surface area contributed by atoms with Crippen LogP contribution < -0.4 is 5.32 Å². The van der Waals surface area contributed by atoms with Crippen LogP contribution in [0.4, 0.5) is 0 Å². The summed E-state index contributed by atoms with van der Waals surface area (Å²) in [5.74, 6) is -0.247. The Morgan fingerprint density at radius 3 is 1.02 bits per heavy atom. The minimum Gasteiger partial charge on any atom is -0.394 e. The Morgan fingerprint density at radius 1 is 0.349 bits per heavy atom. The zero-order valence-electron chi connectivity index (χ0n) is 65.6. The summed E-state index contributed by atoms with van der Waals surface area (Å²) < 4.78 is 34.5. The Labute approximate surface area is 640 Å². The third-order valence-electron chi connectivity index (χ3n) is 20.4. The molecule has 0 spiro atoms. The highest BCUT2D eigenvalue weighted by atomic mass is 16.8. The molecule has 12 N–H and O–H groups in total. The number of unbranched alkanes of at least 4 members (excludes halogenated alkanes) is 32. The van der Waals surface area contributed by atoms with Gasteiger partial charge in [0.1, 0.15) is 73.2 Å². The molecule has 0 bridgehead atoms. The number of hydrogen-bond acceptors (Lipinski definition) is 18. The summed E-state index contributed by atoms with van der Waals surface area (Å²) in [6.07, 6.45) is 64.5. The van der Waals surface area contributed by atoms with Gasteiger partial charge in [0, 0.05) is 6.42 Å². The average molecular weight is 1500 g/mol. The second kappa shape index (κ2) is 66.1. The summed E-state index contributed by atoms with van der Waals surface area (Å²) >= 11 is 0. The predicted octanol–water partition coefficient (Wildman–Crippen LogP) is 14.9. The summed E-state index contributed by atoms with van der Waals surface area (Å²) in [4.78, 5) is 13.5. The van der Waals surface area contributed by atoms with Gasteiger partial charge in [-0.15, -0.1) is 0 Å². The van der Waals surface area contributed by atoms with E-state index < -0.39 is 124 Å². The Balaban J connectivity index is 1.34. The van der Waals surface area contributed by atoms with Crippen molar-refractivity contribution in [1.29, 1.82) is 0 Å². The molecule has 106 heavy (non-hydrogen) atoms. The summed E-state index contributed by atoms with van der Waals surface area (Å²) in [6.45, 7) is 1.71. The number of hydrogen-bond donors (Lipinski definition) is 12. The van der Waals surface area contributed by atoms with Crippen molar-refractivity contribution in [3.05, 3.63) is 109 Å². The third-order valence-corrected chi connectivity index (χ3v) is 20.4. The van der Waals surface area contributed by atoms with E-state index in [2.05, 4.69) is 129 Å². The first-order valence-electron chi connectivity index (χ1n) is 42.1. The molecular weight excluding hydrogens is 1350 g/mol. The summed E-state index contributed by atoms with van der Waals surface area (Å²) in [6, 6.07) is -0.897. The second-order valence-corrected chi connectivity index (χ2v) is 29.6. The zero-order chi connectivity index (χ0) is 76.7. The number of rotatable bonds is 66. The molecule has 1 amide bonds. The highest BCUT2D eigenvalue weighted by Crippen LogP contribution is 2.33. The Bertz CT molecular complexity index is 2340. The van der Waals surface area contributed by atoms with Gasteiger partial charge in [-0.1, -0.05) is 322 Å². The van der Waals surface area contributed by atoms with Crippen LogP contribution >= 0.6 is 0 Å². The molecule has 3 aliphatic heterocycles. The van der Waals surface area contributed by atoms with Gasteiger partial charge >= 0.3 is 0 Å². The number of ether oxygens (including phenoxy) is 6. The fourth-order valence-electron chi connectivity index (χ4n) is 13.7. The van der Waals surface area contributed by atoms with Crippen molar-refractivity contribution in [3.8, 4) is 0 Å². The molecule has 612 valence electrons. The number of aliphatic hydroxyl groups excluding tert-OH is 11. The Hall–Kier alpha value is -3.55. The second-order valence-electron chi connectivity index (χ2n) is 29.6. The summed E-state index contributed by atoms with van der Waals surface area (Å²) in [5, 5.41) is 121. The fourth-order valence-corrected chi connectivity index (χ4v) is 13.7. The first-order chi connectivity index (χ1) is 51.8. The lowest BCUT2D eigenvalue weighted by atomic mass is 9.96. The van der Waals surface area contributed by atoms with Crippen LogP contribution in [0.15, 0.2) is 109 Å². The standard InChI is InChI=1S/C87H151NO18/c1-3-5-7-9-11-13-15-17-19-21-23-25-27-28-29-30-31-32-33-34-35-36-37-38-39-40-41-42-43-45-47-49-51-53-55-57-59-61-63-65-75(93)88-70(71(92)64-62-60-58-56-54-52-50-48-46-44-26-24-22-20-18-16-14-12-10-8-6-4-2)69-101-85-81(99)78(96)83(73(67-90)103-85)106-87-82(100)79(97)84(74(68-91)104-87)105-86-80(98)77(95)76(94)72(66-89)102-86/h5,7,11,13,17,19,23,25,28-29,31-32,34-35,37-38,40-41,70-74,76-87,89-92,94-100H,3-4,6,8-10,12,14-16,18,20-22,24,26-27,30,33,36,39,42-69H2,1-2H3,(H,88,93)/b7-5-,13-11-,19-17-,25-23-,29-28-,32-31-,35-34-,38-37-,41-40-. The minimum atomic E-state index is -1.98. The van der Waals surface area contributed by atoms with Crippen LogP contribution in [-0.2, 0) is 33.2 Å². The summed E-state index contributed by atoms with van der Waals surface area (Å²) in [5.41, 5.74) is 0. The molecule has 0 aromatic heterocycles. The van der Waals surface area contributed by atoms with Crippen molar-refractivity contribution < 1.29 is 89.4 Å². The van der Waals surface area contributed by atoms with E-state index in [1.165, 1.54) is 154 Å². The average Bonchev–Trinajstić information content (AvgIpc) is 0.780. The zero-order valence-corrected chi connectivity index (χ0v) is 65.6. The van der Waals surface area contributed by atoms with E-state index in [9.17, 15) is 61.0 Å². The number of carbonyl (C=O) groups excluding carboxylic acids is 1. The lowest BCUT2D eigenvalue weighted by molar-refractivity contribution is -0.379. The van der Waals surface area contributed by atoms with E-state index in [1.54, 1.807) is 0 Å². The van der Waals surface area contributed by atoms with Gasteiger partial charge in [-0.25, -0.2) is 0 Å². The molecular formula is C87H151NO18. The maximum Gasteiger partial charge on any atom is 0.220 e. The van der Waals surface area contributed by atoms with Gasteiger partial charge in [0.2, 0.25) is 5.91 Å². The molecule has 17 unspecified atom stereocenters. The van der Waals surface area contributed by atoms with Crippen LogP contribution in [0.1, 0.15) is 303 Å². The Morgan fingerprint density at radius 2 is 0.651 bits per heavy atom. The van der Waals surface area contributed by atoms with Crippen LogP contribution in [0, 0.1) is 0 Å². The topological polar surface area (TPSA) is 307 Å². The van der Waals surface area contributed by atoms with Crippen molar-refractivity contribution >= 4 is 5.91 Å². The largest absolute Gasteiger partial charge is 0.394 e. The minimum absolute atomic E-state index is 0.247. The van der Waals surface area contributed by atoms with Crippen molar-refractivity contribution in [2.45, 2.75) is 407 Å². The molecule has 17 atom stereocenters. The molecule has 19 nitrogen and oxygen atoms in total. The molecule has 3 rings (SSSR count). The molecule has 0 radical (unpaired) electrons. The molecule has 19 heteroatoms. The van der Waals surface area contributed by atoms with Gasteiger partial charge in [0.05, 0.1) is 38.6 Å². The lowest BCUT2D eigenvalue weighted by Gasteiger charge is -2.48. The SMILES string of the molecule is CC/C=C\C/C=C\C/C=C\C/C=C\C/C=C\C/C=C\C/C=C\C/C=C\C/C=C\CCCCCCCCCCCCCC(=O)NC(COC1OC(CO)C(OC2OC(CO)C(OC3OC(CO)C(O)C(O)C3O)C(O)C2O)C(O)C1O)C(O)CCCCCCCCCCCCCCCCCCCCCCCC. The predicted molar refractivity (Wildman–Crippen MR) is 424 cm³/mol. The van der Waals surface area contributed by atoms with Gasteiger partial charge in [0.25, 0.3) is 0 Å². The van der Waals surface area contributed by atoms with Gasteiger partial charge in [-0.3, -0.25) is 4.79 Å². The number of amides is 1. The van der Waals surface area contributed by atoms with Gasteiger partial charge in [-0.2, -0.15) is 0 Å². The number of carbonyl (C=O) groups is 1. The van der Waals surface area contributed by atoms with Crippen molar-refractivity contribution in [1.82, 2.24) is 5.32 Å². The van der Waals surface area contributed by atoms with E-state index in [1.807, 2.05) is 0 Å². The van der Waals surface area contributed by atoms with Crippen molar-refractivity contribution in [3.63, 3.8) is 0 Å². The van der Waals surface area contributed by atoms with Gasteiger partial charge in [0.15, 0.2) is 18.9 Å².